The molecule has 5 heteroatoms. The molecule has 108 valence electrons. The Balaban J connectivity index is 2.35. The van der Waals surface area contributed by atoms with Crippen LogP contribution in [0.4, 0.5) is 0 Å². The van der Waals surface area contributed by atoms with Crippen LogP contribution in [-0.2, 0) is 6.54 Å². The average molecular weight is 278 g/mol. The van der Waals surface area contributed by atoms with Crippen LogP contribution in [0.15, 0.2) is 33.5 Å². The van der Waals surface area contributed by atoms with E-state index >= 15 is 0 Å². The maximum atomic E-state index is 11.6. The second-order valence-corrected chi connectivity index (χ2v) is 4.74. The molecule has 0 spiro atoms. The van der Waals surface area contributed by atoms with Crippen molar-refractivity contribution in [2.24, 2.45) is 0 Å². The Hall–Kier alpha value is -1.85. The highest BCUT2D eigenvalue weighted by Crippen LogP contribution is 2.21. The minimum absolute atomic E-state index is 0.129. The molecule has 0 unspecified atom stereocenters. The zero-order valence-corrected chi connectivity index (χ0v) is 11.8. The second-order valence-electron chi connectivity index (χ2n) is 4.74. The summed E-state index contributed by atoms with van der Waals surface area (Å²) in [4.78, 5) is 11.6. The highest BCUT2D eigenvalue weighted by molar-refractivity contribution is 5.81. The van der Waals surface area contributed by atoms with Crippen molar-refractivity contribution in [3.8, 4) is 5.75 Å². The van der Waals surface area contributed by atoms with Crippen molar-refractivity contribution in [3.63, 3.8) is 0 Å². The number of ether oxygens (including phenoxy) is 1. The third-order valence-corrected chi connectivity index (χ3v) is 3.47. The standard InChI is InChI=1S/C15H19NO4/c1-3-11(9-17)16-8-10-6-15(18)20-14-7-12(19-2)4-5-13(10)14/h4-7,11,16-17H,3,8-9H2,1-2H3/p+1/t11-/m1/s1. The van der Waals surface area contributed by atoms with Gasteiger partial charge in [-0.2, -0.15) is 0 Å². The summed E-state index contributed by atoms with van der Waals surface area (Å²) in [5, 5.41) is 12.1. The van der Waals surface area contributed by atoms with E-state index in [9.17, 15) is 9.90 Å². The van der Waals surface area contributed by atoms with Gasteiger partial charge in [-0.3, -0.25) is 0 Å². The van der Waals surface area contributed by atoms with E-state index in [2.05, 4.69) is 0 Å². The molecule has 0 aliphatic heterocycles. The monoisotopic (exact) mass is 278 g/mol. The Morgan fingerprint density at radius 1 is 1.40 bits per heavy atom. The van der Waals surface area contributed by atoms with Gasteiger partial charge in [-0.1, -0.05) is 6.92 Å². The molecule has 0 aliphatic carbocycles. The van der Waals surface area contributed by atoms with E-state index in [-0.39, 0.29) is 18.3 Å². The molecule has 0 saturated heterocycles. The molecule has 3 N–H and O–H groups in total. The molecule has 1 aromatic carbocycles. The fraction of sp³-hybridized carbons (Fsp3) is 0.400. The number of aliphatic hydroxyl groups excluding tert-OH is 1. The summed E-state index contributed by atoms with van der Waals surface area (Å²) in [6.07, 6.45) is 0.879. The molecule has 1 heterocycles. The predicted octanol–water partition coefficient (Wildman–Crippen LogP) is 0.636. The molecular weight excluding hydrogens is 258 g/mol. The fourth-order valence-electron chi connectivity index (χ4n) is 2.17. The van der Waals surface area contributed by atoms with E-state index in [0.29, 0.717) is 17.9 Å². The molecule has 0 radical (unpaired) electrons. The van der Waals surface area contributed by atoms with Gasteiger partial charge in [0.05, 0.1) is 13.7 Å². The van der Waals surface area contributed by atoms with Crippen molar-refractivity contribution in [1.29, 1.82) is 0 Å². The van der Waals surface area contributed by atoms with Gasteiger partial charge in [0.2, 0.25) is 0 Å². The third kappa shape index (κ3) is 3.18. The molecule has 2 rings (SSSR count). The number of aliphatic hydroxyl groups is 1. The summed E-state index contributed by atoms with van der Waals surface area (Å²) >= 11 is 0. The number of methoxy groups -OCH3 is 1. The largest absolute Gasteiger partial charge is 0.497 e. The van der Waals surface area contributed by atoms with Gasteiger partial charge in [0, 0.05) is 23.1 Å². The average Bonchev–Trinajstić information content (AvgIpc) is 2.47. The maximum Gasteiger partial charge on any atom is 0.336 e. The lowest BCUT2D eigenvalue weighted by Crippen LogP contribution is -2.89. The molecule has 20 heavy (non-hydrogen) atoms. The molecule has 0 fully saturated rings. The summed E-state index contributed by atoms with van der Waals surface area (Å²) in [6.45, 7) is 2.79. The summed E-state index contributed by atoms with van der Waals surface area (Å²) in [7, 11) is 1.57. The van der Waals surface area contributed by atoms with Crippen LogP contribution >= 0.6 is 0 Å². The Labute approximate surface area is 117 Å². The minimum atomic E-state index is -0.369. The van der Waals surface area contributed by atoms with Crippen LogP contribution in [0.1, 0.15) is 18.9 Å². The number of hydrogen-bond acceptors (Lipinski definition) is 4. The van der Waals surface area contributed by atoms with Crippen molar-refractivity contribution >= 4 is 11.0 Å². The van der Waals surface area contributed by atoms with Crippen LogP contribution in [0.2, 0.25) is 0 Å². The summed E-state index contributed by atoms with van der Waals surface area (Å²) in [5.74, 6) is 0.656. The minimum Gasteiger partial charge on any atom is -0.497 e. The molecule has 0 saturated carbocycles. The Morgan fingerprint density at radius 2 is 2.20 bits per heavy atom. The van der Waals surface area contributed by atoms with Crippen molar-refractivity contribution in [1.82, 2.24) is 0 Å². The first-order valence-corrected chi connectivity index (χ1v) is 6.73. The first kappa shape index (κ1) is 14.6. The number of fused-ring (bicyclic) bond motifs is 1. The Kier molecular flexibility index (Phi) is 4.76. The zero-order valence-electron chi connectivity index (χ0n) is 11.8. The van der Waals surface area contributed by atoms with Gasteiger partial charge in [0.25, 0.3) is 0 Å². The van der Waals surface area contributed by atoms with Gasteiger partial charge in [-0.15, -0.1) is 0 Å². The highest BCUT2D eigenvalue weighted by Gasteiger charge is 2.12. The SMILES string of the molecule is CC[C@H](CO)[NH2+]Cc1cc(=O)oc2cc(OC)ccc12. The first-order valence-electron chi connectivity index (χ1n) is 6.73. The third-order valence-electron chi connectivity index (χ3n) is 3.47. The molecule has 0 amide bonds. The predicted molar refractivity (Wildman–Crippen MR) is 75.8 cm³/mol. The number of quaternary nitrogens is 1. The van der Waals surface area contributed by atoms with E-state index in [4.69, 9.17) is 9.15 Å². The maximum absolute atomic E-state index is 11.6. The van der Waals surface area contributed by atoms with E-state index in [0.717, 1.165) is 17.4 Å². The van der Waals surface area contributed by atoms with E-state index in [1.165, 1.54) is 6.07 Å². The quantitative estimate of drug-likeness (QED) is 0.760. The van der Waals surface area contributed by atoms with Gasteiger partial charge in [-0.25, -0.2) is 4.79 Å². The lowest BCUT2D eigenvalue weighted by Gasteiger charge is -2.11. The Morgan fingerprint density at radius 3 is 2.85 bits per heavy atom. The normalized spacial score (nSPS) is 12.6. The summed E-state index contributed by atoms with van der Waals surface area (Å²) < 4.78 is 10.3. The molecule has 0 bridgehead atoms. The van der Waals surface area contributed by atoms with E-state index in [1.807, 2.05) is 24.4 Å². The van der Waals surface area contributed by atoms with Crippen LogP contribution in [-0.4, -0.2) is 24.9 Å². The van der Waals surface area contributed by atoms with E-state index in [1.54, 1.807) is 13.2 Å². The van der Waals surface area contributed by atoms with Crippen LogP contribution in [0, 0.1) is 0 Å². The molecular formula is C15H20NO4+. The van der Waals surface area contributed by atoms with Gasteiger partial charge < -0.3 is 19.6 Å². The molecule has 0 aliphatic rings. The lowest BCUT2D eigenvalue weighted by atomic mass is 10.1. The second kappa shape index (κ2) is 6.54. The van der Waals surface area contributed by atoms with Gasteiger partial charge in [-0.05, 0) is 18.6 Å². The highest BCUT2D eigenvalue weighted by atomic mass is 16.5. The lowest BCUT2D eigenvalue weighted by molar-refractivity contribution is -0.706. The van der Waals surface area contributed by atoms with Crippen molar-refractivity contribution in [2.45, 2.75) is 25.9 Å². The zero-order chi connectivity index (χ0) is 14.5. The van der Waals surface area contributed by atoms with Crippen LogP contribution in [0.25, 0.3) is 11.0 Å². The molecule has 2 aromatic rings. The van der Waals surface area contributed by atoms with Crippen LogP contribution in [0.3, 0.4) is 0 Å². The van der Waals surface area contributed by atoms with E-state index < -0.39 is 0 Å². The van der Waals surface area contributed by atoms with Crippen molar-refractivity contribution < 1.29 is 19.6 Å². The number of benzene rings is 1. The Bertz CT molecular complexity index is 631. The van der Waals surface area contributed by atoms with Gasteiger partial charge >= 0.3 is 5.63 Å². The first-order chi connectivity index (χ1) is 9.67. The van der Waals surface area contributed by atoms with Gasteiger partial charge in [0.15, 0.2) is 0 Å². The number of rotatable bonds is 6. The van der Waals surface area contributed by atoms with Crippen molar-refractivity contribution in [2.75, 3.05) is 13.7 Å². The number of hydrogen-bond donors (Lipinski definition) is 2. The van der Waals surface area contributed by atoms with Gasteiger partial charge in [0.1, 0.15) is 23.9 Å². The summed E-state index contributed by atoms with van der Waals surface area (Å²) in [6, 6.07) is 7.10. The number of nitrogens with two attached hydrogens (primary N) is 1. The molecule has 5 nitrogen and oxygen atoms in total. The summed E-state index contributed by atoms with van der Waals surface area (Å²) in [5.41, 5.74) is 1.06. The van der Waals surface area contributed by atoms with Crippen LogP contribution in [0.5, 0.6) is 5.75 Å². The molecule has 1 atom stereocenters. The topological polar surface area (TPSA) is 76.3 Å². The van der Waals surface area contributed by atoms with Crippen molar-refractivity contribution in [3.05, 3.63) is 40.2 Å². The molecule has 1 aromatic heterocycles. The smallest absolute Gasteiger partial charge is 0.336 e. The fourth-order valence-corrected chi connectivity index (χ4v) is 2.17. The van der Waals surface area contributed by atoms with Crippen LogP contribution < -0.4 is 15.7 Å².